The number of hydrogen-bond donors (Lipinski definition) is 1. The molecule has 0 amide bonds. The van der Waals surface area contributed by atoms with Gasteiger partial charge in [-0.15, -0.1) is 0 Å². The third-order valence-corrected chi connectivity index (χ3v) is 3.65. The first-order valence-electron chi connectivity index (χ1n) is 5.79. The minimum absolute atomic E-state index is 0.196. The second kappa shape index (κ2) is 4.84. The van der Waals surface area contributed by atoms with Crippen LogP contribution in [0.1, 0.15) is 12.8 Å². The standard InChI is InChI=1S/C13H16O4/c1-8(13(15)16)12(6-14)17-7-11-5-9-2-3-10(11)4-9/h2-3,6,9-12H,1,4-5,7H2,(H,15,16). The zero-order chi connectivity index (χ0) is 12.4. The first-order chi connectivity index (χ1) is 8.11. The van der Waals surface area contributed by atoms with Crippen molar-refractivity contribution in [2.24, 2.45) is 17.8 Å². The lowest BCUT2D eigenvalue weighted by molar-refractivity contribution is -0.136. The Morgan fingerprint density at radius 2 is 2.29 bits per heavy atom. The van der Waals surface area contributed by atoms with Crippen LogP contribution < -0.4 is 0 Å². The third-order valence-electron chi connectivity index (χ3n) is 3.65. The molecule has 1 fully saturated rings. The minimum Gasteiger partial charge on any atom is -0.478 e. The van der Waals surface area contributed by atoms with Crippen molar-refractivity contribution in [3.63, 3.8) is 0 Å². The van der Waals surface area contributed by atoms with E-state index < -0.39 is 12.1 Å². The van der Waals surface area contributed by atoms with Crippen LogP contribution in [0.3, 0.4) is 0 Å². The van der Waals surface area contributed by atoms with Crippen LogP contribution in [-0.4, -0.2) is 30.1 Å². The number of carboxylic acid groups (broad SMARTS) is 1. The summed E-state index contributed by atoms with van der Waals surface area (Å²) in [7, 11) is 0. The minimum atomic E-state index is -1.19. The van der Waals surface area contributed by atoms with Crippen LogP contribution >= 0.6 is 0 Å². The molecule has 4 unspecified atom stereocenters. The van der Waals surface area contributed by atoms with Crippen molar-refractivity contribution < 1.29 is 19.4 Å². The normalized spacial score (nSPS) is 31.4. The number of rotatable bonds is 6. The molecule has 0 aromatic carbocycles. The summed E-state index contributed by atoms with van der Waals surface area (Å²) in [4.78, 5) is 21.4. The first kappa shape index (κ1) is 12.0. The van der Waals surface area contributed by atoms with Crippen molar-refractivity contribution in [3.05, 3.63) is 24.3 Å². The molecule has 2 rings (SSSR count). The Kier molecular flexibility index (Phi) is 3.43. The number of hydrogen-bond acceptors (Lipinski definition) is 3. The Morgan fingerprint density at radius 3 is 2.76 bits per heavy atom. The molecule has 0 heterocycles. The SMILES string of the molecule is C=C(C(=O)O)C(C=O)OCC1CC2C=CC1C2. The Bertz CT molecular complexity index is 372. The van der Waals surface area contributed by atoms with Crippen LogP contribution in [0.4, 0.5) is 0 Å². The number of allylic oxidation sites excluding steroid dienone is 2. The zero-order valence-electron chi connectivity index (χ0n) is 9.54. The highest BCUT2D eigenvalue weighted by atomic mass is 16.5. The van der Waals surface area contributed by atoms with Crippen LogP contribution in [-0.2, 0) is 14.3 Å². The van der Waals surface area contributed by atoms with E-state index in [0.717, 1.165) is 6.42 Å². The lowest BCUT2D eigenvalue weighted by Crippen LogP contribution is -2.26. The Hall–Kier alpha value is -1.42. The van der Waals surface area contributed by atoms with E-state index in [0.29, 0.717) is 30.6 Å². The second-order valence-electron chi connectivity index (χ2n) is 4.76. The summed E-state index contributed by atoms with van der Waals surface area (Å²) in [5.74, 6) is 0.403. The fraction of sp³-hybridized carbons (Fsp3) is 0.538. The summed E-state index contributed by atoms with van der Waals surface area (Å²) in [6, 6.07) is 0. The third kappa shape index (κ3) is 2.47. The molecule has 0 spiro atoms. The van der Waals surface area contributed by atoms with Gasteiger partial charge in [-0.3, -0.25) is 0 Å². The van der Waals surface area contributed by atoms with E-state index in [9.17, 15) is 9.59 Å². The highest BCUT2D eigenvalue weighted by Gasteiger charge is 2.36. The smallest absolute Gasteiger partial charge is 0.334 e. The molecule has 1 saturated carbocycles. The molecule has 17 heavy (non-hydrogen) atoms. The topological polar surface area (TPSA) is 63.6 Å². The summed E-state index contributed by atoms with van der Waals surface area (Å²) in [5, 5.41) is 8.73. The van der Waals surface area contributed by atoms with Gasteiger partial charge in [0.05, 0.1) is 12.2 Å². The number of aliphatic carboxylic acids is 1. The molecule has 1 N–H and O–H groups in total. The summed E-state index contributed by atoms with van der Waals surface area (Å²) in [6.45, 7) is 3.78. The molecule has 4 heteroatoms. The van der Waals surface area contributed by atoms with Gasteiger partial charge in [-0.05, 0) is 30.6 Å². The van der Waals surface area contributed by atoms with E-state index in [1.54, 1.807) is 0 Å². The van der Waals surface area contributed by atoms with Gasteiger partial charge >= 0.3 is 5.97 Å². The van der Waals surface area contributed by atoms with Crippen LogP contribution in [0.5, 0.6) is 0 Å². The highest BCUT2D eigenvalue weighted by Crippen LogP contribution is 2.43. The molecule has 0 radical (unpaired) electrons. The maximum absolute atomic E-state index is 10.8. The molecule has 2 aliphatic carbocycles. The van der Waals surface area contributed by atoms with Crippen molar-refractivity contribution in [3.8, 4) is 0 Å². The van der Waals surface area contributed by atoms with Crippen molar-refractivity contribution in [2.45, 2.75) is 18.9 Å². The van der Waals surface area contributed by atoms with Gasteiger partial charge in [-0.25, -0.2) is 4.79 Å². The van der Waals surface area contributed by atoms with Gasteiger partial charge in [0.15, 0.2) is 6.29 Å². The Morgan fingerprint density at radius 1 is 1.53 bits per heavy atom. The molecule has 4 nitrogen and oxygen atoms in total. The first-order valence-corrected chi connectivity index (χ1v) is 5.79. The summed E-state index contributed by atoms with van der Waals surface area (Å²) in [6.07, 6.45) is 6.15. The van der Waals surface area contributed by atoms with E-state index in [-0.39, 0.29) is 5.57 Å². The zero-order valence-corrected chi connectivity index (χ0v) is 9.54. The molecule has 2 bridgehead atoms. The fourth-order valence-corrected chi connectivity index (χ4v) is 2.66. The maximum Gasteiger partial charge on any atom is 0.334 e. The van der Waals surface area contributed by atoms with Gasteiger partial charge in [0, 0.05) is 0 Å². The molecule has 92 valence electrons. The number of carbonyl (C=O) groups excluding carboxylic acids is 1. The van der Waals surface area contributed by atoms with Crippen molar-refractivity contribution in [1.82, 2.24) is 0 Å². The summed E-state index contributed by atoms with van der Waals surface area (Å²) in [5.41, 5.74) is -0.196. The molecular formula is C13H16O4. The fourth-order valence-electron chi connectivity index (χ4n) is 2.66. The predicted octanol–water partition coefficient (Wildman–Crippen LogP) is 1.42. The maximum atomic E-state index is 10.8. The number of ether oxygens (including phenoxy) is 1. The van der Waals surface area contributed by atoms with Gasteiger partial charge in [0.25, 0.3) is 0 Å². The lowest BCUT2D eigenvalue weighted by Gasteiger charge is -2.20. The molecule has 4 atom stereocenters. The van der Waals surface area contributed by atoms with Crippen molar-refractivity contribution in [2.75, 3.05) is 6.61 Å². The number of carboxylic acids is 1. The molecule has 2 aliphatic rings. The molecule has 0 aliphatic heterocycles. The van der Waals surface area contributed by atoms with Crippen LogP contribution in [0.2, 0.25) is 0 Å². The van der Waals surface area contributed by atoms with E-state index in [1.807, 2.05) is 0 Å². The predicted molar refractivity (Wildman–Crippen MR) is 61.4 cm³/mol. The van der Waals surface area contributed by atoms with Gasteiger partial charge in [0.2, 0.25) is 0 Å². The largest absolute Gasteiger partial charge is 0.478 e. The number of carbonyl (C=O) groups is 2. The molecule has 0 saturated heterocycles. The summed E-state index contributed by atoms with van der Waals surface area (Å²) >= 11 is 0. The molecule has 0 aromatic heterocycles. The molecular weight excluding hydrogens is 220 g/mol. The van der Waals surface area contributed by atoms with Crippen molar-refractivity contribution >= 4 is 12.3 Å². The highest BCUT2D eigenvalue weighted by molar-refractivity contribution is 5.91. The van der Waals surface area contributed by atoms with Crippen LogP contribution in [0.15, 0.2) is 24.3 Å². The van der Waals surface area contributed by atoms with E-state index in [4.69, 9.17) is 9.84 Å². The number of fused-ring (bicyclic) bond motifs is 2. The van der Waals surface area contributed by atoms with E-state index >= 15 is 0 Å². The van der Waals surface area contributed by atoms with Gasteiger partial charge < -0.3 is 14.6 Å². The monoisotopic (exact) mass is 236 g/mol. The average molecular weight is 236 g/mol. The van der Waals surface area contributed by atoms with Crippen LogP contribution in [0, 0.1) is 17.8 Å². The van der Waals surface area contributed by atoms with E-state index in [1.165, 1.54) is 6.42 Å². The number of aldehydes is 1. The molecule has 0 aromatic rings. The van der Waals surface area contributed by atoms with Crippen molar-refractivity contribution in [1.29, 1.82) is 0 Å². The second-order valence-corrected chi connectivity index (χ2v) is 4.76. The Labute approximate surface area is 100.0 Å². The van der Waals surface area contributed by atoms with Gasteiger partial charge in [-0.2, -0.15) is 0 Å². The summed E-state index contributed by atoms with van der Waals surface area (Å²) < 4.78 is 5.37. The van der Waals surface area contributed by atoms with Gasteiger partial charge in [0.1, 0.15) is 6.10 Å². The average Bonchev–Trinajstić information content (AvgIpc) is 2.91. The quantitative estimate of drug-likeness (QED) is 0.430. The van der Waals surface area contributed by atoms with E-state index in [2.05, 4.69) is 18.7 Å². The van der Waals surface area contributed by atoms with Gasteiger partial charge in [-0.1, -0.05) is 18.7 Å². The van der Waals surface area contributed by atoms with Crippen LogP contribution in [0.25, 0.3) is 0 Å². The Balaban J connectivity index is 1.84. The lowest BCUT2D eigenvalue weighted by atomic mass is 9.94.